The fourth-order valence-electron chi connectivity index (χ4n) is 4.94. The van der Waals surface area contributed by atoms with Gasteiger partial charge >= 0.3 is 0 Å². The molecule has 0 spiro atoms. The lowest BCUT2D eigenvalue weighted by Gasteiger charge is -2.43. The third kappa shape index (κ3) is 6.83. The summed E-state index contributed by atoms with van der Waals surface area (Å²) in [6.45, 7) is 3.10. The molecule has 2 aliphatic rings. The summed E-state index contributed by atoms with van der Waals surface area (Å²) in [5, 5.41) is 2.94. The lowest BCUT2D eigenvalue weighted by atomic mass is 9.93. The van der Waals surface area contributed by atoms with Crippen LogP contribution in [0.4, 0.5) is 0 Å². The normalized spacial score (nSPS) is 20.0. The van der Waals surface area contributed by atoms with Crippen molar-refractivity contribution in [3.8, 4) is 5.75 Å². The van der Waals surface area contributed by atoms with Crippen LogP contribution in [0.25, 0.3) is 0 Å². The summed E-state index contributed by atoms with van der Waals surface area (Å²) in [6.07, 6.45) is 4.32. The van der Waals surface area contributed by atoms with Gasteiger partial charge in [0, 0.05) is 44.7 Å². The van der Waals surface area contributed by atoms with Gasteiger partial charge in [0.25, 0.3) is 0 Å². The van der Waals surface area contributed by atoms with E-state index in [2.05, 4.69) is 46.6 Å². The molecule has 2 atom stereocenters. The molecule has 0 aromatic heterocycles. The van der Waals surface area contributed by atoms with Gasteiger partial charge in [0.2, 0.25) is 11.8 Å². The first-order chi connectivity index (χ1) is 17.1. The first-order valence-electron chi connectivity index (χ1n) is 12.8. The van der Waals surface area contributed by atoms with E-state index in [0.29, 0.717) is 26.1 Å². The number of nitrogens with two attached hydrogens (primary N) is 1. The Morgan fingerprint density at radius 1 is 1.06 bits per heavy atom. The largest absolute Gasteiger partial charge is 0.497 e. The summed E-state index contributed by atoms with van der Waals surface area (Å²) in [5.74, 6) is 1.00. The van der Waals surface area contributed by atoms with Crippen LogP contribution in [-0.2, 0) is 22.6 Å². The zero-order valence-corrected chi connectivity index (χ0v) is 20.7. The second-order valence-electron chi connectivity index (χ2n) is 9.63. The molecule has 1 saturated carbocycles. The van der Waals surface area contributed by atoms with Crippen molar-refractivity contribution >= 4 is 11.8 Å². The number of carbonyl (C=O) groups is 2. The quantitative estimate of drug-likeness (QED) is 0.518. The van der Waals surface area contributed by atoms with Crippen LogP contribution in [0.15, 0.2) is 54.6 Å². The van der Waals surface area contributed by atoms with Gasteiger partial charge in [-0.15, -0.1) is 0 Å². The lowest BCUT2D eigenvalue weighted by molar-refractivity contribution is -0.144. The van der Waals surface area contributed by atoms with Crippen molar-refractivity contribution in [3.63, 3.8) is 0 Å². The number of rotatable bonds is 11. The molecule has 2 fully saturated rings. The summed E-state index contributed by atoms with van der Waals surface area (Å²) in [6, 6.07) is 18.5. The number of ether oxygens (including phenoxy) is 1. The van der Waals surface area contributed by atoms with Gasteiger partial charge in [-0.05, 0) is 55.4 Å². The number of methoxy groups -OCH3 is 1. The fourth-order valence-corrected chi connectivity index (χ4v) is 4.94. The highest BCUT2D eigenvalue weighted by Gasteiger charge is 2.42. The van der Waals surface area contributed by atoms with Crippen LogP contribution in [0.5, 0.6) is 5.75 Å². The van der Waals surface area contributed by atoms with Gasteiger partial charge in [-0.25, -0.2) is 0 Å². The summed E-state index contributed by atoms with van der Waals surface area (Å²) >= 11 is 0. The third-order valence-electron chi connectivity index (χ3n) is 7.12. The maximum atomic E-state index is 13.1. The van der Waals surface area contributed by atoms with E-state index in [1.165, 1.54) is 11.1 Å². The van der Waals surface area contributed by atoms with E-state index >= 15 is 0 Å². The highest BCUT2D eigenvalue weighted by Crippen LogP contribution is 2.34. The molecule has 1 heterocycles. The van der Waals surface area contributed by atoms with Gasteiger partial charge in [-0.1, -0.05) is 42.5 Å². The fraction of sp³-hybridized carbons (Fsp3) is 0.500. The zero-order valence-electron chi connectivity index (χ0n) is 20.7. The minimum Gasteiger partial charge on any atom is -0.497 e. The molecule has 1 unspecified atom stereocenters. The van der Waals surface area contributed by atoms with Crippen LogP contribution >= 0.6 is 0 Å². The van der Waals surface area contributed by atoms with E-state index in [1.54, 1.807) is 7.11 Å². The summed E-state index contributed by atoms with van der Waals surface area (Å²) in [7, 11) is 1.67. The number of nitrogens with one attached hydrogen (secondary N) is 1. The third-order valence-corrected chi connectivity index (χ3v) is 7.12. The molecule has 3 N–H and O–H groups in total. The molecule has 4 rings (SSSR count). The summed E-state index contributed by atoms with van der Waals surface area (Å²) in [5.41, 5.74) is 8.13. The molecule has 35 heavy (non-hydrogen) atoms. The van der Waals surface area contributed by atoms with Gasteiger partial charge in [0.1, 0.15) is 11.8 Å². The Kier molecular flexibility index (Phi) is 8.77. The van der Waals surface area contributed by atoms with Gasteiger partial charge in [-0.3, -0.25) is 14.5 Å². The van der Waals surface area contributed by atoms with Crippen LogP contribution in [0, 0.1) is 5.92 Å². The van der Waals surface area contributed by atoms with Gasteiger partial charge in [-0.2, -0.15) is 0 Å². The number of hydrogen-bond acceptors (Lipinski definition) is 5. The molecular formula is C28H38N4O3. The van der Waals surface area contributed by atoms with Crippen molar-refractivity contribution in [3.05, 3.63) is 65.7 Å². The maximum Gasteiger partial charge on any atom is 0.242 e. The maximum absolute atomic E-state index is 13.1. The Balaban J connectivity index is 1.51. The predicted molar refractivity (Wildman–Crippen MR) is 137 cm³/mol. The van der Waals surface area contributed by atoms with Crippen molar-refractivity contribution in [1.29, 1.82) is 0 Å². The van der Waals surface area contributed by atoms with E-state index < -0.39 is 6.04 Å². The number of nitrogens with zero attached hydrogens (tertiary/aromatic N) is 2. The van der Waals surface area contributed by atoms with Crippen molar-refractivity contribution in [2.24, 2.45) is 11.7 Å². The molecular weight excluding hydrogens is 440 g/mol. The van der Waals surface area contributed by atoms with Crippen molar-refractivity contribution < 1.29 is 14.3 Å². The van der Waals surface area contributed by atoms with E-state index in [4.69, 9.17) is 10.5 Å². The monoisotopic (exact) mass is 478 g/mol. The predicted octanol–water partition coefficient (Wildman–Crippen LogP) is 2.58. The molecule has 1 aliphatic heterocycles. The van der Waals surface area contributed by atoms with E-state index in [9.17, 15) is 9.59 Å². The van der Waals surface area contributed by atoms with Crippen LogP contribution in [0.2, 0.25) is 0 Å². The Labute approximate surface area is 208 Å². The topological polar surface area (TPSA) is 87.9 Å². The number of carbonyl (C=O) groups excluding carboxylic acids is 2. The molecule has 2 amide bonds. The molecule has 2 aromatic rings. The molecule has 1 aliphatic carbocycles. The zero-order chi connectivity index (χ0) is 24.6. The van der Waals surface area contributed by atoms with E-state index in [1.807, 2.05) is 23.1 Å². The Bertz CT molecular complexity index is 962. The van der Waals surface area contributed by atoms with Gasteiger partial charge < -0.3 is 20.7 Å². The minimum absolute atomic E-state index is 0.0818. The number of amides is 2. The molecule has 1 saturated heterocycles. The number of hydrogen-bond donors (Lipinski definition) is 2. The molecule has 0 bridgehead atoms. The lowest BCUT2D eigenvalue weighted by Crippen LogP contribution is -2.58. The van der Waals surface area contributed by atoms with Crippen molar-refractivity contribution in [1.82, 2.24) is 15.1 Å². The number of piperidine rings is 1. The molecule has 2 aromatic carbocycles. The smallest absolute Gasteiger partial charge is 0.242 e. The van der Waals surface area contributed by atoms with E-state index in [-0.39, 0.29) is 23.8 Å². The minimum atomic E-state index is -0.441. The van der Waals surface area contributed by atoms with Crippen molar-refractivity contribution in [2.45, 2.75) is 50.7 Å². The SMILES string of the molecule is COc1ccc(CN(CCc2ccccc2)C2CCN(C(=O)C3CC3)[C@@H](C(=O)NCCN)C2)cc1. The number of likely N-dealkylation sites (tertiary alicyclic amines) is 1. The van der Waals surface area contributed by atoms with Crippen LogP contribution in [0.1, 0.15) is 36.8 Å². The second-order valence-corrected chi connectivity index (χ2v) is 9.63. The van der Waals surface area contributed by atoms with Gasteiger partial charge in [0.05, 0.1) is 7.11 Å². The summed E-state index contributed by atoms with van der Waals surface area (Å²) < 4.78 is 5.32. The standard InChI is InChI=1S/C28H38N4O3/c1-35-25-11-7-22(8-12-25)20-31(17-13-21-5-3-2-4-6-21)24-14-18-32(28(34)23-9-10-23)26(19-24)27(33)30-16-15-29/h2-8,11-12,23-24,26H,9-10,13-20,29H2,1H3,(H,30,33)/t24?,26-/m1/s1. The average molecular weight is 479 g/mol. The Hall–Kier alpha value is -2.90. The molecule has 7 heteroatoms. The number of benzene rings is 2. The highest BCUT2D eigenvalue weighted by molar-refractivity contribution is 5.89. The Morgan fingerprint density at radius 2 is 1.80 bits per heavy atom. The summed E-state index contributed by atoms with van der Waals surface area (Å²) in [4.78, 5) is 30.4. The van der Waals surface area contributed by atoms with Crippen LogP contribution in [-0.4, -0.2) is 67.0 Å². The molecule has 188 valence electrons. The van der Waals surface area contributed by atoms with Gasteiger partial charge in [0.15, 0.2) is 0 Å². The molecule has 7 nitrogen and oxygen atoms in total. The van der Waals surface area contributed by atoms with Crippen LogP contribution < -0.4 is 15.8 Å². The average Bonchev–Trinajstić information content (AvgIpc) is 3.75. The second kappa shape index (κ2) is 12.2. The Morgan fingerprint density at radius 3 is 2.46 bits per heavy atom. The first-order valence-corrected chi connectivity index (χ1v) is 12.8. The highest BCUT2D eigenvalue weighted by atomic mass is 16.5. The van der Waals surface area contributed by atoms with E-state index in [0.717, 1.165) is 44.5 Å². The van der Waals surface area contributed by atoms with Crippen molar-refractivity contribution in [2.75, 3.05) is 33.3 Å². The van der Waals surface area contributed by atoms with Crippen LogP contribution in [0.3, 0.4) is 0 Å². The first kappa shape index (κ1) is 25.2. The molecule has 0 radical (unpaired) electrons.